The van der Waals surface area contributed by atoms with Crippen LogP contribution < -0.4 is 14.8 Å². The van der Waals surface area contributed by atoms with E-state index in [1.165, 1.54) is 5.56 Å². The van der Waals surface area contributed by atoms with Gasteiger partial charge in [0.2, 0.25) is 5.88 Å². The van der Waals surface area contributed by atoms with Crippen LogP contribution >= 0.6 is 0 Å². The van der Waals surface area contributed by atoms with Crippen molar-refractivity contribution in [3.63, 3.8) is 0 Å². The summed E-state index contributed by atoms with van der Waals surface area (Å²) in [6.45, 7) is 2.78. The first kappa shape index (κ1) is 14.3. The summed E-state index contributed by atoms with van der Waals surface area (Å²) in [6, 6.07) is 9.55. The molecule has 1 aromatic carbocycles. The lowest BCUT2D eigenvalue weighted by Crippen LogP contribution is -2.07. The molecule has 0 aliphatic rings. The molecule has 0 amide bonds. The van der Waals surface area contributed by atoms with Gasteiger partial charge in [0.15, 0.2) is 11.5 Å². The van der Waals surface area contributed by atoms with E-state index in [0.717, 1.165) is 12.1 Å². The maximum absolute atomic E-state index is 5.71. The SMILES string of the molecule is CCc1ccc(Oc2ccc(CNC)nn2)c(OC)c1. The van der Waals surface area contributed by atoms with E-state index in [1.807, 2.05) is 31.3 Å². The summed E-state index contributed by atoms with van der Waals surface area (Å²) in [7, 11) is 3.50. The second kappa shape index (κ2) is 6.86. The Labute approximate surface area is 118 Å². The van der Waals surface area contributed by atoms with E-state index in [4.69, 9.17) is 9.47 Å². The standard InChI is InChI=1S/C15H19N3O2/c1-4-11-5-7-13(14(9-11)19-3)20-15-8-6-12(10-16-2)17-18-15/h5-9,16H,4,10H2,1-3H3. The Morgan fingerprint density at radius 1 is 1.10 bits per heavy atom. The summed E-state index contributed by atoms with van der Waals surface area (Å²) in [4.78, 5) is 0. The number of aromatic nitrogens is 2. The number of methoxy groups -OCH3 is 1. The van der Waals surface area contributed by atoms with Crippen molar-refractivity contribution in [1.82, 2.24) is 15.5 Å². The topological polar surface area (TPSA) is 56.3 Å². The number of rotatable bonds is 6. The van der Waals surface area contributed by atoms with Crippen LogP contribution in [0.25, 0.3) is 0 Å². The Bertz CT molecular complexity index is 556. The van der Waals surface area contributed by atoms with Gasteiger partial charge in [-0.05, 0) is 37.2 Å². The lowest BCUT2D eigenvalue weighted by Gasteiger charge is -2.10. The van der Waals surface area contributed by atoms with Crippen molar-refractivity contribution in [1.29, 1.82) is 0 Å². The van der Waals surface area contributed by atoms with Crippen LogP contribution in [-0.2, 0) is 13.0 Å². The fourth-order valence-electron chi connectivity index (χ4n) is 1.81. The molecule has 0 saturated heterocycles. The van der Waals surface area contributed by atoms with Crippen molar-refractivity contribution in [3.05, 3.63) is 41.6 Å². The van der Waals surface area contributed by atoms with Crippen LogP contribution in [0.4, 0.5) is 0 Å². The smallest absolute Gasteiger partial charge is 0.239 e. The minimum absolute atomic E-state index is 0.451. The highest BCUT2D eigenvalue weighted by Crippen LogP contribution is 2.31. The highest BCUT2D eigenvalue weighted by atomic mass is 16.5. The minimum atomic E-state index is 0.451. The zero-order valence-electron chi connectivity index (χ0n) is 12.0. The summed E-state index contributed by atoms with van der Waals surface area (Å²) in [5.41, 5.74) is 2.07. The molecule has 5 nitrogen and oxygen atoms in total. The van der Waals surface area contributed by atoms with Gasteiger partial charge in [-0.1, -0.05) is 13.0 Å². The molecule has 0 unspecified atom stereocenters. The van der Waals surface area contributed by atoms with Crippen LogP contribution in [0.15, 0.2) is 30.3 Å². The van der Waals surface area contributed by atoms with Crippen LogP contribution in [-0.4, -0.2) is 24.4 Å². The molecule has 0 fully saturated rings. The molecule has 1 aromatic heterocycles. The number of aryl methyl sites for hydroxylation is 1. The number of nitrogens with one attached hydrogen (secondary N) is 1. The Hall–Kier alpha value is -2.14. The summed E-state index contributed by atoms with van der Waals surface area (Å²) >= 11 is 0. The number of ether oxygens (including phenoxy) is 2. The number of nitrogens with zero attached hydrogens (tertiary/aromatic N) is 2. The molecule has 0 aliphatic heterocycles. The Kier molecular flexibility index (Phi) is 4.90. The fourth-order valence-corrected chi connectivity index (χ4v) is 1.81. The van der Waals surface area contributed by atoms with Gasteiger partial charge >= 0.3 is 0 Å². The Morgan fingerprint density at radius 3 is 2.55 bits per heavy atom. The normalized spacial score (nSPS) is 10.3. The molecule has 0 spiro atoms. The van der Waals surface area contributed by atoms with Crippen LogP contribution in [0.2, 0.25) is 0 Å². The molecule has 5 heteroatoms. The minimum Gasteiger partial charge on any atom is -0.493 e. The maximum atomic E-state index is 5.71. The first-order valence-electron chi connectivity index (χ1n) is 6.58. The molecule has 0 atom stereocenters. The van der Waals surface area contributed by atoms with E-state index >= 15 is 0 Å². The van der Waals surface area contributed by atoms with Gasteiger partial charge in [-0.15, -0.1) is 5.10 Å². The Morgan fingerprint density at radius 2 is 1.95 bits per heavy atom. The molecule has 0 radical (unpaired) electrons. The summed E-state index contributed by atoms with van der Waals surface area (Å²) in [5, 5.41) is 11.1. The number of hydrogen-bond acceptors (Lipinski definition) is 5. The Balaban J connectivity index is 2.16. The molecule has 1 heterocycles. The zero-order chi connectivity index (χ0) is 14.4. The van der Waals surface area contributed by atoms with Gasteiger partial charge in [0.25, 0.3) is 0 Å². The molecular formula is C15H19N3O2. The predicted octanol–water partition coefficient (Wildman–Crippen LogP) is 2.56. The number of hydrogen-bond donors (Lipinski definition) is 1. The highest BCUT2D eigenvalue weighted by molar-refractivity contribution is 5.44. The third-order valence-electron chi connectivity index (χ3n) is 2.90. The second-order valence-electron chi connectivity index (χ2n) is 4.33. The van der Waals surface area contributed by atoms with Gasteiger partial charge in [-0.3, -0.25) is 0 Å². The van der Waals surface area contributed by atoms with E-state index in [9.17, 15) is 0 Å². The molecule has 0 saturated carbocycles. The molecule has 2 aromatic rings. The van der Waals surface area contributed by atoms with E-state index in [1.54, 1.807) is 13.2 Å². The van der Waals surface area contributed by atoms with Crippen molar-refractivity contribution in [3.8, 4) is 17.4 Å². The fraction of sp³-hybridized carbons (Fsp3) is 0.333. The van der Waals surface area contributed by atoms with Crippen molar-refractivity contribution in [2.45, 2.75) is 19.9 Å². The summed E-state index contributed by atoms with van der Waals surface area (Å²) < 4.78 is 11.1. The largest absolute Gasteiger partial charge is 0.493 e. The lowest BCUT2D eigenvalue weighted by molar-refractivity contribution is 0.371. The molecule has 1 N–H and O–H groups in total. The van der Waals surface area contributed by atoms with E-state index in [2.05, 4.69) is 22.4 Å². The summed E-state index contributed by atoms with van der Waals surface area (Å²) in [5.74, 6) is 1.79. The van der Waals surface area contributed by atoms with Crippen LogP contribution in [0.1, 0.15) is 18.2 Å². The van der Waals surface area contributed by atoms with Gasteiger partial charge in [-0.25, -0.2) is 0 Å². The average molecular weight is 273 g/mol. The van der Waals surface area contributed by atoms with Gasteiger partial charge in [0.05, 0.1) is 12.8 Å². The van der Waals surface area contributed by atoms with Gasteiger partial charge < -0.3 is 14.8 Å². The number of benzene rings is 1. The highest BCUT2D eigenvalue weighted by Gasteiger charge is 2.07. The molecule has 0 bridgehead atoms. The quantitative estimate of drug-likeness (QED) is 0.876. The van der Waals surface area contributed by atoms with Crippen molar-refractivity contribution in [2.75, 3.05) is 14.2 Å². The first-order valence-corrected chi connectivity index (χ1v) is 6.58. The van der Waals surface area contributed by atoms with Crippen LogP contribution in [0.5, 0.6) is 17.4 Å². The van der Waals surface area contributed by atoms with Crippen molar-refractivity contribution in [2.24, 2.45) is 0 Å². The van der Waals surface area contributed by atoms with Crippen LogP contribution in [0, 0.1) is 0 Å². The van der Waals surface area contributed by atoms with Gasteiger partial charge in [0, 0.05) is 12.6 Å². The van der Waals surface area contributed by atoms with Crippen molar-refractivity contribution >= 4 is 0 Å². The third-order valence-corrected chi connectivity index (χ3v) is 2.90. The maximum Gasteiger partial charge on any atom is 0.239 e. The molecule has 2 rings (SSSR count). The second-order valence-corrected chi connectivity index (χ2v) is 4.33. The van der Waals surface area contributed by atoms with Gasteiger partial charge in [0.1, 0.15) is 0 Å². The molecular weight excluding hydrogens is 254 g/mol. The molecule has 20 heavy (non-hydrogen) atoms. The van der Waals surface area contributed by atoms with Crippen molar-refractivity contribution < 1.29 is 9.47 Å². The monoisotopic (exact) mass is 273 g/mol. The predicted molar refractivity (Wildman–Crippen MR) is 77.2 cm³/mol. The first-order chi connectivity index (χ1) is 9.76. The zero-order valence-corrected chi connectivity index (χ0v) is 12.0. The van der Waals surface area contributed by atoms with Crippen LogP contribution in [0.3, 0.4) is 0 Å². The van der Waals surface area contributed by atoms with E-state index < -0.39 is 0 Å². The molecule has 106 valence electrons. The lowest BCUT2D eigenvalue weighted by atomic mass is 10.1. The summed E-state index contributed by atoms with van der Waals surface area (Å²) in [6.07, 6.45) is 0.954. The van der Waals surface area contributed by atoms with E-state index in [-0.39, 0.29) is 0 Å². The molecule has 0 aliphatic carbocycles. The van der Waals surface area contributed by atoms with Gasteiger partial charge in [-0.2, -0.15) is 5.10 Å². The average Bonchev–Trinajstić information content (AvgIpc) is 2.50. The third kappa shape index (κ3) is 3.45. The van der Waals surface area contributed by atoms with E-state index in [0.29, 0.717) is 23.9 Å².